The first-order valence-electron chi connectivity index (χ1n) is 6.29. The van der Waals surface area contributed by atoms with Crippen LogP contribution in [0.15, 0.2) is 47.5 Å². The van der Waals surface area contributed by atoms with Crippen molar-refractivity contribution in [1.29, 1.82) is 0 Å². The topological polar surface area (TPSA) is 95.9 Å². The quantitative estimate of drug-likeness (QED) is 0.760. The lowest BCUT2D eigenvalue weighted by atomic mass is 10.1. The molecule has 2 aromatic heterocycles. The van der Waals surface area contributed by atoms with Crippen LogP contribution in [0, 0.1) is 0 Å². The van der Waals surface area contributed by atoms with Gasteiger partial charge in [-0.3, -0.25) is 9.78 Å². The van der Waals surface area contributed by atoms with Gasteiger partial charge >= 0.3 is 5.97 Å². The summed E-state index contributed by atoms with van der Waals surface area (Å²) < 4.78 is 0. The maximum absolute atomic E-state index is 12.1. The predicted octanol–water partition coefficient (Wildman–Crippen LogP) is 1.61. The number of pyridine rings is 1. The Morgan fingerprint density at radius 3 is 2.81 bits per heavy atom. The van der Waals surface area contributed by atoms with Gasteiger partial charge in [-0.05, 0) is 23.8 Å². The number of benzene rings is 1. The Balaban J connectivity index is 2.16. The van der Waals surface area contributed by atoms with Gasteiger partial charge in [0.25, 0.3) is 5.56 Å². The van der Waals surface area contributed by atoms with Crippen molar-refractivity contribution in [3.8, 4) is 0 Å². The number of rotatable bonds is 3. The lowest BCUT2D eigenvalue weighted by molar-refractivity contribution is 0.0699. The van der Waals surface area contributed by atoms with Crippen LogP contribution in [-0.2, 0) is 6.42 Å². The number of carboxylic acids is 1. The largest absolute Gasteiger partial charge is 0.478 e. The minimum Gasteiger partial charge on any atom is -0.478 e. The highest BCUT2D eigenvalue weighted by Gasteiger charge is 2.13. The fraction of sp³-hybridized carbons (Fsp3) is 0.0667. The van der Waals surface area contributed by atoms with E-state index in [9.17, 15) is 14.7 Å². The van der Waals surface area contributed by atoms with Gasteiger partial charge in [0.2, 0.25) is 0 Å². The van der Waals surface area contributed by atoms with Gasteiger partial charge in [0.05, 0.1) is 16.5 Å². The van der Waals surface area contributed by atoms with Gasteiger partial charge in [-0.15, -0.1) is 0 Å². The zero-order chi connectivity index (χ0) is 14.8. The third-order valence-corrected chi connectivity index (χ3v) is 3.11. The molecule has 0 fully saturated rings. The highest BCUT2D eigenvalue weighted by Crippen LogP contribution is 2.14. The second-order valence-corrected chi connectivity index (χ2v) is 4.56. The molecule has 2 heterocycles. The second-order valence-electron chi connectivity index (χ2n) is 4.56. The van der Waals surface area contributed by atoms with Crippen molar-refractivity contribution in [2.24, 2.45) is 0 Å². The average molecular weight is 281 g/mol. The maximum atomic E-state index is 12.1. The van der Waals surface area contributed by atoms with Gasteiger partial charge < -0.3 is 10.1 Å². The summed E-state index contributed by atoms with van der Waals surface area (Å²) in [7, 11) is 0. The standard InChI is InChI=1S/C15H11N3O3/c19-14-10-4-1-5-11(15(20)21)13(10)17-12(18-14)7-9-3-2-6-16-8-9/h1-6,8H,7H2,(H,20,21)(H,17,18,19). The summed E-state index contributed by atoms with van der Waals surface area (Å²) >= 11 is 0. The van der Waals surface area contributed by atoms with Crippen LogP contribution in [-0.4, -0.2) is 26.0 Å². The molecule has 0 aliphatic carbocycles. The number of carbonyl (C=O) groups is 1. The molecule has 0 spiro atoms. The molecule has 6 heteroatoms. The first kappa shape index (κ1) is 13.0. The first-order valence-corrected chi connectivity index (χ1v) is 6.29. The molecule has 0 saturated heterocycles. The fourth-order valence-corrected chi connectivity index (χ4v) is 2.16. The Morgan fingerprint density at radius 1 is 1.24 bits per heavy atom. The highest BCUT2D eigenvalue weighted by atomic mass is 16.4. The maximum Gasteiger partial charge on any atom is 0.337 e. The number of nitrogens with one attached hydrogen (secondary N) is 1. The zero-order valence-electron chi connectivity index (χ0n) is 10.9. The van der Waals surface area contributed by atoms with Crippen LogP contribution >= 0.6 is 0 Å². The summed E-state index contributed by atoms with van der Waals surface area (Å²) in [6, 6.07) is 8.17. The van der Waals surface area contributed by atoms with Gasteiger partial charge in [0.15, 0.2) is 0 Å². The van der Waals surface area contributed by atoms with Crippen molar-refractivity contribution in [2.45, 2.75) is 6.42 Å². The van der Waals surface area contributed by atoms with E-state index in [-0.39, 0.29) is 22.0 Å². The third kappa shape index (κ3) is 2.51. The lowest BCUT2D eigenvalue weighted by Gasteiger charge is -2.05. The van der Waals surface area contributed by atoms with Crippen LogP contribution in [0.4, 0.5) is 0 Å². The highest BCUT2D eigenvalue weighted by molar-refractivity contribution is 6.01. The Kier molecular flexibility index (Phi) is 3.19. The zero-order valence-corrected chi connectivity index (χ0v) is 10.9. The van der Waals surface area contributed by atoms with Crippen LogP contribution in [0.5, 0.6) is 0 Å². The molecule has 0 radical (unpaired) electrons. The Morgan fingerprint density at radius 2 is 2.10 bits per heavy atom. The number of carboxylic acid groups (broad SMARTS) is 1. The molecule has 104 valence electrons. The van der Waals surface area contributed by atoms with Crippen LogP contribution in [0.2, 0.25) is 0 Å². The van der Waals surface area contributed by atoms with Crippen LogP contribution in [0.3, 0.4) is 0 Å². The summed E-state index contributed by atoms with van der Waals surface area (Å²) in [4.78, 5) is 34.3. The number of aromatic nitrogens is 3. The van der Waals surface area contributed by atoms with Gasteiger partial charge in [0.1, 0.15) is 5.82 Å². The third-order valence-electron chi connectivity index (χ3n) is 3.11. The Hall–Kier alpha value is -3.02. The summed E-state index contributed by atoms with van der Waals surface area (Å²) in [5.41, 5.74) is 0.758. The van der Waals surface area contributed by atoms with Crippen molar-refractivity contribution < 1.29 is 9.90 Å². The van der Waals surface area contributed by atoms with Crippen LogP contribution < -0.4 is 5.56 Å². The summed E-state index contributed by atoms with van der Waals surface area (Å²) in [6.07, 6.45) is 3.71. The molecule has 6 nitrogen and oxygen atoms in total. The van der Waals surface area contributed by atoms with E-state index in [1.54, 1.807) is 24.5 Å². The average Bonchev–Trinajstić information content (AvgIpc) is 2.47. The molecule has 0 aliphatic heterocycles. The van der Waals surface area contributed by atoms with Crippen molar-refractivity contribution in [2.75, 3.05) is 0 Å². The first-order chi connectivity index (χ1) is 10.1. The minimum absolute atomic E-state index is 0.0195. The van der Waals surface area contributed by atoms with Crippen molar-refractivity contribution >= 4 is 16.9 Å². The van der Waals surface area contributed by atoms with E-state index in [0.717, 1.165) is 5.56 Å². The van der Waals surface area contributed by atoms with E-state index in [1.807, 2.05) is 6.07 Å². The fourth-order valence-electron chi connectivity index (χ4n) is 2.16. The second kappa shape index (κ2) is 5.16. The van der Waals surface area contributed by atoms with E-state index in [0.29, 0.717) is 12.2 Å². The number of H-pyrrole nitrogens is 1. The summed E-state index contributed by atoms with van der Waals surface area (Å²) in [6.45, 7) is 0. The number of hydrogen-bond donors (Lipinski definition) is 2. The van der Waals surface area contributed by atoms with Gasteiger partial charge in [0, 0.05) is 18.8 Å². The Bertz CT molecular complexity index is 872. The van der Waals surface area contributed by atoms with Crippen LogP contribution in [0.25, 0.3) is 10.9 Å². The molecule has 0 atom stereocenters. The minimum atomic E-state index is -1.11. The van der Waals surface area contributed by atoms with E-state index in [2.05, 4.69) is 15.0 Å². The lowest BCUT2D eigenvalue weighted by Crippen LogP contribution is -2.14. The molecular weight excluding hydrogens is 270 g/mol. The number of para-hydroxylation sites is 1. The summed E-state index contributed by atoms with van der Waals surface area (Å²) in [5, 5.41) is 9.46. The monoisotopic (exact) mass is 281 g/mol. The van der Waals surface area contributed by atoms with Gasteiger partial charge in [-0.1, -0.05) is 12.1 Å². The van der Waals surface area contributed by atoms with Crippen molar-refractivity contribution in [3.63, 3.8) is 0 Å². The van der Waals surface area contributed by atoms with Crippen molar-refractivity contribution in [1.82, 2.24) is 15.0 Å². The molecule has 1 aromatic carbocycles. The predicted molar refractivity (Wildman–Crippen MR) is 76.4 cm³/mol. The molecule has 3 aromatic rings. The molecule has 2 N–H and O–H groups in total. The molecular formula is C15H11N3O3. The molecule has 0 amide bonds. The van der Waals surface area contributed by atoms with Crippen LogP contribution in [0.1, 0.15) is 21.7 Å². The number of nitrogens with zero attached hydrogens (tertiary/aromatic N) is 2. The van der Waals surface area contributed by atoms with Gasteiger partial charge in [-0.2, -0.15) is 0 Å². The van der Waals surface area contributed by atoms with E-state index < -0.39 is 5.97 Å². The van der Waals surface area contributed by atoms with Gasteiger partial charge in [-0.25, -0.2) is 9.78 Å². The molecule has 0 unspecified atom stereocenters. The normalized spacial score (nSPS) is 10.7. The number of aromatic carboxylic acids is 1. The van der Waals surface area contributed by atoms with E-state index >= 15 is 0 Å². The molecule has 3 rings (SSSR count). The number of hydrogen-bond acceptors (Lipinski definition) is 4. The summed E-state index contributed by atoms with van der Waals surface area (Å²) in [5.74, 6) is -0.694. The van der Waals surface area contributed by atoms with E-state index in [4.69, 9.17) is 0 Å². The Labute approximate surface area is 119 Å². The number of fused-ring (bicyclic) bond motifs is 1. The smallest absolute Gasteiger partial charge is 0.337 e. The molecule has 0 saturated carbocycles. The molecule has 21 heavy (non-hydrogen) atoms. The molecule has 0 bridgehead atoms. The SMILES string of the molecule is O=C(O)c1cccc2c(=O)[nH]c(Cc3cccnc3)nc12. The van der Waals surface area contributed by atoms with Crippen molar-refractivity contribution in [3.05, 3.63) is 70.0 Å². The molecule has 0 aliphatic rings. The number of aromatic amines is 1. The van der Waals surface area contributed by atoms with E-state index in [1.165, 1.54) is 12.1 Å².